The van der Waals surface area contributed by atoms with E-state index >= 15 is 0 Å². The van der Waals surface area contributed by atoms with Crippen LogP contribution in [0.1, 0.15) is 51.9 Å². The van der Waals surface area contributed by atoms with Crippen LogP contribution in [0.25, 0.3) is 0 Å². The molecule has 1 aliphatic heterocycles. The maximum Gasteiger partial charge on any atom is 0.225 e. The second kappa shape index (κ2) is 13.8. The highest BCUT2D eigenvalue weighted by atomic mass is 127. The largest absolute Gasteiger partial charge is 0.375 e. The number of hydrogen-bond acceptors (Lipinski definition) is 3. The molecule has 0 bridgehead atoms. The number of anilines is 1. The van der Waals surface area contributed by atoms with Crippen molar-refractivity contribution in [3.05, 3.63) is 30.3 Å². The fourth-order valence-electron chi connectivity index (χ4n) is 4.49. The van der Waals surface area contributed by atoms with E-state index in [2.05, 4.69) is 64.7 Å². The lowest BCUT2D eigenvalue weighted by Gasteiger charge is -2.21. The minimum absolute atomic E-state index is 0. The van der Waals surface area contributed by atoms with Gasteiger partial charge in [0.25, 0.3) is 0 Å². The summed E-state index contributed by atoms with van der Waals surface area (Å²) in [5, 5.41) is 6.91. The molecule has 1 aromatic carbocycles. The Labute approximate surface area is 205 Å². The Kier molecular flexibility index (Phi) is 11.5. The number of benzene rings is 1. The molecule has 0 radical (unpaired) electrons. The molecule has 1 saturated heterocycles. The zero-order valence-electron chi connectivity index (χ0n) is 19.2. The van der Waals surface area contributed by atoms with Crippen LogP contribution in [0.3, 0.4) is 0 Å². The molecule has 2 aliphatic rings. The normalized spacial score (nSPS) is 19.2. The van der Waals surface area contributed by atoms with Crippen molar-refractivity contribution in [3.63, 3.8) is 0 Å². The third-order valence-corrected chi connectivity index (χ3v) is 6.26. The standard InChI is InChI=1S/C24H39N5O.HI/c1-3-25-24(26-16-9-10-17-28(2)22-13-5-4-6-14-22)27-21-15-18-29(19-21)23(30)20-11-7-8-12-20;/h4-6,13-14,20-21H,3,7-12,15-19H2,1-2H3,(H2,25,26,27);1H. The van der Waals surface area contributed by atoms with Crippen molar-refractivity contribution < 1.29 is 4.79 Å². The Hall–Kier alpha value is -1.51. The van der Waals surface area contributed by atoms with Gasteiger partial charge in [-0.1, -0.05) is 31.0 Å². The number of halogens is 1. The number of nitrogens with zero attached hydrogens (tertiary/aromatic N) is 3. The summed E-state index contributed by atoms with van der Waals surface area (Å²) in [5.74, 6) is 1.54. The van der Waals surface area contributed by atoms with Crippen LogP contribution in [0.4, 0.5) is 5.69 Å². The van der Waals surface area contributed by atoms with Gasteiger partial charge in [-0.05, 0) is 51.2 Å². The maximum absolute atomic E-state index is 12.7. The van der Waals surface area contributed by atoms with Gasteiger partial charge >= 0.3 is 0 Å². The summed E-state index contributed by atoms with van der Waals surface area (Å²) in [5.41, 5.74) is 1.26. The number of likely N-dealkylation sites (tertiary alicyclic amines) is 1. The smallest absolute Gasteiger partial charge is 0.225 e. The number of amides is 1. The summed E-state index contributed by atoms with van der Waals surface area (Å²) in [4.78, 5) is 21.8. The molecule has 1 atom stereocenters. The van der Waals surface area contributed by atoms with Gasteiger partial charge in [-0.15, -0.1) is 24.0 Å². The third-order valence-electron chi connectivity index (χ3n) is 6.26. The van der Waals surface area contributed by atoms with Crippen molar-refractivity contribution >= 4 is 41.5 Å². The molecule has 174 valence electrons. The molecule has 0 spiro atoms. The summed E-state index contributed by atoms with van der Waals surface area (Å²) >= 11 is 0. The Morgan fingerprint density at radius 3 is 2.61 bits per heavy atom. The molecule has 1 amide bonds. The molecular weight excluding hydrogens is 501 g/mol. The topological polar surface area (TPSA) is 60.0 Å². The van der Waals surface area contributed by atoms with Crippen molar-refractivity contribution in [2.75, 3.05) is 44.7 Å². The lowest BCUT2D eigenvalue weighted by Crippen LogP contribution is -2.45. The van der Waals surface area contributed by atoms with E-state index in [1.165, 1.54) is 18.5 Å². The van der Waals surface area contributed by atoms with Crippen LogP contribution in [0.2, 0.25) is 0 Å². The van der Waals surface area contributed by atoms with Crippen molar-refractivity contribution in [3.8, 4) is 0 Å². The summed E-state index contributed by atoms with van der Waals surface area (Å²) in [6.07, 6.45) is 7.76. The minimum atomic E-state index is 0. The molecule has 0 aromatic heterocycles. The summed E-state index contributed by atoms with van der Waals surface area (Å²) in [7, 11) is 2.14. The van der Waals surface area contributed by atoms with Gasteiger partial charge in [0, 0.05) is 57.4 Å². The molecule has 6 nitrogen and oxygen atoms in total. The van der Waals surface area contributed by atoms with Crippen molar-refractivity contribution in [1.29, 1.82) is 0 Å². The van der Waals surface area contributed by atoms with Crippen LogP contribution >= 0.6 is 24.0 Å². The van der Waals surface area contributed by atoms with E-state index in [4.69, 9.17) is 4.99 Å². The van der Waals surface area contributed by atoms with Crippen molar-refractivity contribution in [2.24, 2.45) is 10.9 Å². The lowest BCUT2D eigenvalue weighted by atomic mass is 10.1. The van der Waals surface area contributed by atoms with Crippen LogP contribution in [-0.2, 0) is 4.79 Å². The zero-order valence-corrected chi connectivity index (χ0v) is 21.5. The number of hydrogen-bond donors (Lipinski definition) is 2. The predicted octanol–water partition coefficient (Wildman–Crippen LogP) is 3.87. The number of unbranched alkanes of at least 4 members (excludes halogenated alkanes) is 1. The van der Waals surface area contributed by atoms with Crippen LogP contribution in [0.15, 0.2) is 35.3 Å². The lowest BCUT2D eigenvalue weighted by molar-refractivity contribution is -0.134. The Balaban J connectivity index is 0.00000341. The number of aliphatic imine (C=N–C) groups is 1. The molecule has 1 aromatic rings. The van der Waals surface area contributed by atoms with Crippen molar-refractivity contribution in [2.45, 2.75) is 57.9 Å². The zero-order chi connectivity index (χ0) is 21.2. The first-order valence-electron chi connectivity index (χ1n) is 11.8. The van der Waals surface area contributed by atoms with Gasteiger partial charge in [0.15, 0.2) is 5.96 Å². The summed E-state index contributed by atoms with van der Waals surface area (Å²) in [6.45, 7) is 6.47. The SMILES string of the molecule is CCNC(=NCCCCN(C)c1ccccc1)NC1CCN(C(=O)C2CCCC2)C1.I. The van der Waals surface area contributed by atoms with E-state index in [1.807, 2.05) is 0 Å². The van der Waals surface area contributed by atoms with Gasteiger partial charge in [-0.3, -0.25) is 9.79 Å². The number of rotatable bonds is 9. The number of carbonyl (C=O) groups excluding carboxylic acids is 1. The van der Waals surface area contributed by atoms with E-state index in [0.29, 0.717) is 11.9 Å². The molecule has 3 rings (SSSR count). The number of para-hydroxylation sites is 1. The van der Waals surface area contributed by atoms with E-state index in [9.17, 15) is 4.79 Å². The molecule has 1 unspecified atom stereocenters. The second-order valence-electron chi connectivity index (χ2n) is 8.62. The van der Waals surface area contributed by atoms with Gasteiger partial charge in [-0.2, -0.15) is 0 Å². The maximum atomic E-state index is 12.7. The molecule has 1 saturated carbocycles. The molecule has 31 heavy (non-hydrogen) atoms. The third kappa shape index (κ3) is 8.16. The fraction of sp³-hybridized carbons (Fsp3) is 0.667. The van der Waals surface area contributed by atoms with E-state index in [-0.39, 0.29) is 29.9 Å². The fourth-order valence-corrected chi connectivity index (χ4v) is 4.49. The molecule has 1 aliphatic carbocycles. The van der Waals surface area contributed by atoms with Crippen LogP contribution < -0.4 is 15.5 Å². The molecule has 2 fully saturated rings. The Bertz CT molecular complexity index is 678. The summed E-state index contributed by atoms with van der Waals surface area (Å²) < 4.78 is 0. The molecule has 2 N–H and O–H groups in total. The molecular formula is C24H40IN5O. The monoisotopic (exact) mass is 541 g/mol. The summed E-state index contributed by atoms with van der Waals surface area (Å²) in [6, 6.07) is 10.8. The number of nitrogens with one attached hydrogen (secondary N) is 2. The molecule has 7 heteroatoms. The predicted molar refractivity (Wildman–Crippen MR) is 140 cm³/mol. The number of guanidine groups is 1. The first-order valence-corrected chi connectivity index (χ1v) is 11.8. The van der Waals surface area contributed by atoms with Crippen molar-refractivity contribution in [1.82, 2.24) is 15.5 Å². The van der Waals surface area contributed by atoms with E-state index in [1.54, 1.807) is 0 Å². The molecule has 1 heterocycles. The van der Waals surface area contributed by atoms with Gasteiger partial charge < -0.3 is 20.4 Å². The second-order valence-corrected chi connectivity index (χ2v) is 8.62. The van der Waals surface area contributed by atoms with Crippen LogP contribution in [0, 0.1) is 5.92 Å². The Morgan fingerprint density at radius 1 is 1.16 bits per heavy atom. The first kappa shape index (κ1) is 25.7. The van der Waals surface area contributed by atoms with Crippen LogP contribution in [-0.4, -0.2) is 62.6 Å². The van der Waals surface area contributed by atoms with Gasteiger partial charge in [0.05, 0.1) is 0 Å². The highest BCUT2D eigenvalue weighted by molar-refractivity contribution is 14.0. The highest BCUT2D eigenvalue weighted by Crippen LogP contribution is 2.27. The first-order chi connectivity index (χ1) is 14.7. The van der Waals surface area contributed by atoms with E-state index in [0.717, 1.165) is 70.8 Å². The Morgan fingerprint density at radius 2 is 1.90 bits per heavy atom. The minimum Gasteiger partial charge on any atom is -0.375 e. The highest BCUT2D eigenvalue weighted by Gasteiger charge is 2.32. The average Bonchev–Trinajstić information content (AvgIpc) is 3.46. The average molecular weight is 542 g/mol. The van der Waals surface area contributed by atoms with Gasteiger partial charge in [0.1, 0.15) is 0 Å². The van der Waals surface area contributed by atoms with Crippen LogP contribution in [0.5, 0.6) is 0 Å². The van der Waals surface area contributed by atoms with Gasteiger partial charge in [-0.25, -0.2) is 0 Å². The number of carbonyl (C=O) groups is 1. The van der Waals surface area contributed by atoms with Gasteiger partial charge in [0.2, 0.25) is 5.91 Å². The quantitative estimate of drug-likeness (QED) is 0.216. The van der Waals surface area contributed by atoms with E-state index < -0.39 is 0 Å².